The third kappa shape index (κ3) is 3.46. The van der Waals surface area contributed by atoms with Gasteiger partial charge < -0.3 is 4.90 Å². The molecule has 0 N–H and O–H groups in total. The summed E-state index contributed by atoms with van der Waals surface area (Å²) in [6, 6.07) is 8.90. The first-order valence-corrected chi connectivity index (χ1v) is 6.87. The Balaban J connectivity index is 2.01. The normalized spacial score (nSPS) is 16.2. The molecule has 0 saturated carbocycles. The monoisotopic (exact) mass is 269 g/mol. The van der Waals surface area contributed by atoms with Crippen molar-refractivity contribution in [1.29, 1.82) is 5.26 Å². The molecule has 0 aromatic heterocycles. The molecule has 0 atom stereocenters. The minimum absolute atomic E-state index is 0.0509. The Morgan fingerprint density at radius 3 is 2.65 bits per heavy atom. The zero-order valence-corrected chi connectivity index (χ0v) is 11.6. The second kappa shape index (κ2) is 6.88. The summed E-state index contributed by atoms with van der Waals surface area (Å²) in [7, 11) is 0. The van der Waals surface area contributed by atoms with Crippen molar-refractivity contribution in [2.24, 2.45) is 0 Å². The molecule has 104 valence electrons. The van der Waals surface area contributed by atoms with Gasteiger partial charge in [0.25, 0.3) is 5.91 Å². The largest absolute Gasteiger partial charge is 0.337 e. The quantitative estimate of drug-likeness (QED) is 0.787. The Kier molecular flexibility index (Phi) is 4.91. The number of carbonyl (C=O) groups excluding carboxylic acids is 1. The fraction of sp³-hybridized carbons (Fsp3) is 0.375. The Morgan fingerprint density at radius 2 is 2.00 bits per heavy atom. The Labute approximate surface area is 119 Å². The van der Waals surface area contributed by atoms with Gasteiger partial charge in [-0.3, -0.25) is 9.69 Å². The Bertz CT molecular complexity index is 516. The highest BCUT2D eigenvalue weighted by Gasteiger charge is 2.19. The van der Waals surface area contributed by atoms with Crippen LogP contribution in [0.2, 0.25) is 0 Å². The lowest BCUT2D eigenvalue weighted by Gasteiger charge is -2.21. The van der Waals surface area contributed by atoms with Gasteiger partial charge in [0.2, 0.25) is 0 Å². The van der Waals surface area contributed by atoms with Crippen LogP contribution in [0.5, 0.6) is 0 Å². The molecule has 0 aliphatic carbocycles. The minimum atomic E-state index is 0.0509. The Hall–Kier alpha value is -2.12. The van der Waals surface area contributed by atoms with Crippen molar-refractivity contribution in [3.63, 3.8) is 0 Å². The van der Waals surface area contributed by atoms with Crippen LogP contribution >= 0.6 is 0 Å². The molecule has 1 aliphatic heterocycles. The van der Waals surface area contributed by atoms with Gasteiger partial charge in [-0.25, -0.2) is 0 Å². The average Bonchev–Trinajstić information content (AvgIpc) is 2.73. The first kappa shape index (κ1) is 14.3. The molecule has 2 rings (SSSR count). The predicted octanol–water partition coefficient (Wildman–Crippen LogP) is 1.89. The lowest BCUT2D eigenvalue weighted by molar-refractivity contribution is 0.0762. The molecule has 0 spiro atoms. The van der Waals surface area contributed by atoms with Crippen molar-refractivity contribution in [2.75, 3.05) is 32.7 Å². The molecule has 1 aromatic carbocycles. The van der Waals surface area contributed by atoms with Crippen molar-refractivity contribution in [3.8, 4) is 6.07 Å². The molecular weight excluding hydrogens is 250 g/mol. The van der Waals surface area contributed by atoms with Crippen LogP contribution in [0.15, 0.2) is 36.9 Å². The highest BCUT2D eigenvalue weighted by molar-refractivity contribution is 5.94. The van der Waals surface area contributed by atoms with E-state index in [4.69, 9.17) is 5.26 Å². The van der Waals surface area contributed by atoms with E-state index in [1.54, 1.807) is 24.3 Å². The second-order valence-corrected chi connectivity index (χ2v) is 4.92. The van der Waals surface area contributed by atoms with Crippen molar-refractivity contribution in [3.05, 3.63) is 48.0 Å². The standard InChI is InChI=1S/C16H19N3O/c1-2-8-18-9-3-10-19(12-11-18)16(20)15-6-4-14(13-17)5-7-15/h2,4-7H,1,3,8-12H2. The number of hydrogen-bond donors (Lipinski definition) is 0. The molecule has 1 aliphatic rings. The van der Waals surface area contributed by atoms with Gasteiger partial charge in [-0.15, -0.1) is 6.58 Å². The van der Waals surface area contributed by atoms with Crippen LogP contribution in [0.4, 0.5) is 0 Å². The van der Waals surface area contributed by atoms with Gasteiger partial charge in [-0.1, -0.05) is 6.08 Å². The summed E-state index contributed by atoms with van der Waals surface area (Å²) in [5, 5.41) is 8.77. The van der Waals surface area contributed by atoms with Gasteiger partial charge in [0.15, 0.2) is 0 Å². The number of carbonyl (C=O) groups is 1. The van der Waals surface area contributed by atoms with E-state index in [1.807, 2.05) is 11.0 Å². The SMILES string of the molecule is C=CCN1CCCN(C(=O)c2ccc(C#N)cc2)CC1. The molecule has 20 heavy (non-hydrogen) atoms. The van der Waals surface area contributed by atoms with Crippen LogP contribution in [-0.2, 0) is 0 Å². The molecule has 1 fully saturated rings. The molecule has 1 amide bonds. The first-order valence-electron chi connectivity index (χ1n) is 6.87. The zero-order valence-electron chi connectivity index (χ0n) is 11.6. The number of nitrogens with zero attached hydrogens (tertiary/aromatic N) is 3. The fourth-order valence-corrected chi connectivity index (χ4v) is 2.41. The van der Waals surface area contributed by atoms with E-state index in [1.165, 1.54) is 0 Å². The van der Waals surface area contributed by atoms with E-state index >= 15 is 0 Å². The van der Waals surface area contributed by atoms with Gasteiger partial charge in [-0.05, 0) is 30.7 Å². The maximum Gasteiger partial charge on any atom is 0.253 e. The molecule has 4 heteroatoms. The van der Waals surface area contributed by atoms with E-state index < -0.39 is 0 Å². The average molecular weight is 269 g/mol. The zero-order chi connectivity index (χ0) is 14.4. The molecule has 0 unspecified atom stereocenters. The third-order valence-corrected chi connectivity index (χ3v) is 3.52. The molecule has 1 saturated heterocycles. The molecule has 1 heterocycles. The number of nitriles is 1. The smallest absolute Gasteiger partial charge is 0.253 e. The second-order valence-electron chi connectivity index (χ2n) is 4.92. The van der Waals surface area contributed by atoms with Crippen molar-refractivity contribution in [2.45, 2.75) is 6.42 Å². The number of amides is 1. The highest BCUT2D eigenvalue weighted by atomic mass is 16.2. The highest BCUT2D eigenvalue weighted by Crippen LogP contribution is 2.10. The summed E-state index contributed by atoms with van der Waals surface area (Å²) in [5.41, 5.74) is 1.23. The lowest BCUT2D eigenvalue weighted by atomic mass is 10.1. The van der Waals surface area contributed by atoms with E-state index in [0.717, 1.165) is 39.1 Å². The van der Waals surface area contributed by atoms with Gasteiger partial charge in [0.1, 0.15) is 0 Å². The molecule has 0 radical (unpaired) electrons. The van der Waals surface area contributed by atoms with Crippen molar-refractivity contribution >= 4 is 5.91 Å². The third-order valence-electron chi connectivity index (χ3n) is 3.52. The van der Waals surface area contributed by atoms with Gasteiger partial charge in [0, 0.05) is 38.3 Å². The van der Waals surface area contributed by atoms with Crippen LogP contribution in [0.25, 0.3) is 0 Å². The van der Waals surface area contributed by atoms with Crippen LogP contribution in [0.1, 0.15) is 22.3 Å². The molecule has 1 aromatic rings. The fourth-order valence-electron chi connectivity index (χ4n) is 2.41. The number of hydrogen-bond acceptors (Lipinski definition) is 3. The molecule has 4 nitrogen and oxygen atoms in total. The summed E-state index contributed by atoms with van der Waals surface area (Å²) < 4.78 is 0. The summed E-state index contributed by atoms with van der Waals surface area (Å²) >= 11 is 0. The summed E-state index contributed by atoms with van der Waals surface area (Å²) in [6.45, 7) is 8.04. The minimum Gasteiger partial charge on any atom is -0.337 e. The van der Waals surface area contributed by atoms with E-state index in [-0.39, 0.29) is 5.91 Å². The summed E-state index contributed by atoms with van der Waals surface area (Å²) in [6.07, 6.45) is 2.88. The number of rotatable bonds is 3. The maximum atomic E-state index is 12.4. The van der Waals surface area contributed by atoms with E-state index in [2.05, 4.69) is 17.5 Å². The molecular formula is C16H19N3O. The van der Waals surface area contributed by atoms with Crippen LogP contribution in [0.3, 0.4) is 0 Å². The van der Waals surface area contributed by atoms with Crippen molar-refractivity contribution in [1.82, 2.24) is 9.80 Å². The van der Waals surface area contributed by atoms with E-state index in [9.17, 15) is 4.79 Å². The maximum absolute atomic E-state index is 12.4. The summed E-state index contributed by atoms with van der Waals surface area (Å²) in [5.74, 6) is 0.0509. The molecule has 0 bridgehead atoms. The van der Waals surface area contributed by atoms with E-state index in [0.29, 0.717) is 11.1 Å². The predicted molar refractivity (Wildman–Crippen MR) is 78.3 cm³/mol. The van der Waals surface area contributed by atoms with Gasteiger partial charge in [0.05, 0.1) is 11.6 Å². The van der Waals surface area contributed by atoms with Gasteiger partial charge >= 0.3 is 0 Å². The van der Waals surface area contributed by atoms with Crippen molar-refractivity contribution < 1.29 is 4.79 Å². The summed E-state index contributed by atoms with van der Waals surface area (Å²) in [4.78, 5) is 16.6. The first-order chi connectivity index (χ1) is 9.74. The van der Waals surface area contributed by atoms with Crippen LogP contribution < -0.4 is 0 Å². The number of benzene rings is 1. The van der Waals surface area contributed by atoms with Gasteiger partial charge in [-0.2, -0.15) is 5.26 Å². The van der Waals surface area contributed by atoms with Crippen LogP contribution in [0, 0.1) is 11.3 Å². The topological polar surface area (TPSA) is 47.3 Å². The lowest BCUT2D eigenvalue weighted by Crippen LogP contribution is -2.35. The Morgan fingerprint density at radius 1 is 1.25 bits per heavy atom. The van der Waals surface area contributed by atoms with Crippen LogP contribution in [-0.4, -0.2) is 48.4 Å².